The van der Waals surface area contributed by atoms with Crippen LogP contribution in [-0.4, -0.2) is 12.1 Å². The van der Waals surface area contributed by atoms with Gasteiger partial charge in [0.05, 0.1) is 0 Å². The number of nitrogens with zero attached hydrogens (tertiary/aromatic N) is 1. The summed E-state index contributed by atoms with van der Waals surface area (Å²) in [6.07, 6.45) is 0.809. The Morgan fingerprint density at radius 2 is 1.79 bits per heavy atom. The lowest BCUT2D eigenvalue weighted by Crippen LogP contribution is -2.23. The van der Waals surface area contributed by atoms with Gasteiger partial charge in [0, 0.05) is 11.1 Å². The van der Waals surface area contributed by atoms with E-state index in [-0.39, 0.29) is 0 Å². The number of aldehydes is 1. The maximum absolute atomic E-state index is 10.7. The molecule has 0 spiro atoms. The van der Waals surface area contributed by atoms with Gasteiger partial charge in [0.25, 0.3) is 0 Å². The molecule has 0 aliphatic carbocycles. The zero-order chi connectivity index (χ0) is 13.7. The smallest absolute Gasteiger partial charge is 0.152 e. The monoisotopic (exact) mass is 254 g/mol. The summed E-state index contributed by atoms with van der Waals surface area (Å²) in [7, 11) is 0. The fourth-order valence-corrected chi connectivity index (χ4v) is 1.83. The summed E-state index contributed by atoms with van der Waals surface area (Å²) >= 11 is 0. The Kier molecular flexibility index (Phi) is 3.90. The maximum atomic E-state index is 10.7. The molecule has 0 unspecified atom stereocenters. The predicted octanol–water partition coefficient (Wildman–Crippen LogP) is 1.25. The van der Waals surface area contributed by atoms with Crippen LogP contribution in [0.25, 0.3) is 11.1 Å². The van der Waals surface area contributed by atoms with E-state index in [4.69, 9.17) is 11.6 Å². The zero-order valence-corrected chi connectivity index (χ0v) is 10.2. The number of amidine groups is 1. The van der Waals surface area contributed by atoms with Crippen molar-refractivity contribution in [2.24, 2.45) is 16.7 Å². The molecule has 0 atom stereocenters. The molecule has 96 valence electrons. The van der Waals surface area contributed by atoms with E-state index in [9.17, 15) is 4.79 Å². The van der Waals surface area contributed by atoms with E-state index in [1.54, 1.807) is 12.1 Å². The van der Waals surface area contributed by atoms with Crippen molar-refractivity contribution >= 4 is 12.1 Å². The highest BCUT2D eigenvalue weighted by atomic mass is 16.1. The van der Waals surface area contributed by atoms with Crippen LogP contribution in [0.4, 0.5) is 0 Å². The molecule has 2 aromatic carbocycles. The lowest BCUT2D eigenvalue weighted by molar-refractivity contribution is 0.112. The molecule has 0 fully saturated rings. The molecule has 2 rings (SSSR count). The molecular formula is C14H14N4O. The van der Waals surface area contributed by atoms with Crippen molar-refractivity contribution in [2.45, 2.75) is 0 Å². The van der Waals surface area contributed by atoms with Crippen LogP contribution < -0.4 is 17.1 Å². The summed E-state index contributed by atoms with van der Waals surface area (Å²) in [5.41, 5.74) is 11.3. The summed E-state index contributed by atoms with van der Waals surface area (Å²) in [4.78, 5) is 10.7. The van der Waals surface area contributed by atoms with Crippen molar-refractivity contribution in [2.75, 3.05) is 0 Å². The molecule has 0 aliphatic rings. The Labute approximate surface area is 110 Å². The van der Waals surface area contributed by atoms with Gasteiger partial charge in [-0.25, -0.2) is 11.4 Å². The standard InChI is InChI=1S/C14H14N4O/c15-14(17-18-16)13-4-2-1-3-12(13)11-7-5-10(9-19)6-8-11/h1-9,18H,16H2,(H2,15,17). The first-order chi connectivity index (χ1) is 9.26. The van der Waals surface area contributed by atoms with Crippen LogP contribution in [0.3, 0.4) is 0 Å². The van der Waals surface area contributed by atoms with E-state index in [0.717, 1.165) is 23.0 Å². The van der Waals surface area contributed by atoms with Gasteiger partial charge in [-0.05, 0) is 11.1 Å². The zero-order valence-electron chi connectivity index (χ0n) is 10.2. The van der Waals surface area contributed by atoms with Crippen molar-refractivity contribution in [3.63, 3.8) is 0 Å². The van der Waals surface area contributed by atoms with Crippen LogP contribution in [0.2, 0.25) is 0 Å². The quantitative estimate of drug-likeness (QED) is 0.252. The highest BCUT2D eigenvalue weighted by Crippen LogP contribution is 2.23. The molecule has 0 saturated carbocycles. The summed E-state index contributed by atoms with van der Waals surface area (Å²) in [5.74, 6) is 5.44. The summed E-state index contributed by atoms with van der Waals surface area (Å²) < 4.78 is 0. The van der Waals surface area contributed by atoms with E-state index in [1.807, 2.05) is 36.4 Å². The predicted molar refractivity (Wildman–Crippen MR) is 75.3 cm³/mol. The van der Waals surface area contributed by atoms with Gasteiger partial charge in [-0.1, -0.05) is 48.5 Å². The Balaban J connectivity index is 2.49. The van der Waals surface area contributed by atoms with Gasteiger partial charge in [-0.15, -0.1) is 5.10 Å². The number of carbonyl (C=O) groups is 1. The van der Waals surface area contributed by atoms with Gasteiger partial charge >= 0.3 is 0 Å². The molecule has 2 aromatic rings. The number of hydrogen-bond acceptors (Lipinski definition) is 4. The topological polar surface area (TPSA) is 93.5 Å². The second-order valence-electron chi connectivity index (χ2n) is 3.91. The van der Waals surface area contributed by atoms with E-state index < -0.39 is 0 Å². The van der Waals surface area contributed by atoms with Crippen molar-refractivity contribution < 1.29 is 4.79 Å². The molecular weight excluding hydrogens is 240 g/mol. The van der Waals surface area contributed by atoms with Crippen LogP contribution in [-0.2, 0) is 0 Å². The first kappa shape index (κ1) is 12.8. The average Bonchev–Trinajstić information content (AvgIpc) is 2.47. The van der Waals surface area contributed by atoms with Gasteiger partial charge in [-0.2, -0.15) is 0 Å². The van der Waals surface area contributed by atoms with Crippen LogP contribution in [0.5, 0.6) is 0 Å². The summed E-state index contributed by atoms with van der Waals surface area (Å²) in [6.45, 7) is 0. The van der Waals surface area contributed by atoms with Gasteiger partial charge in [0.15, 0.2) is 5.84 Å². The van der Waals surface area contributed by atoms with Crippen LogP contribution in [0.15, 0.2) is 53.6 Å². The normalized spacial score (nSPS) is 11.1. The largest absolute Gasteiger partial charge is 0.382 e. The van der Waals surface area contributed by atoms with Gasteiger partial charge in [-0.3, -0.25) is 4.79 Å². The third-order valence-corrected chi connectivity index (χ3v) is 2.75. The molecule has 5 heteroatoms. The minimum atomic E-state index is 0.303. The average molecular weight is 254 g/mol. The number of nitrogens with one attached hydrogen (secondary N) is 1. The number of benzene rings is 2. The molecule has 0 amide bonds. The Morgan fingerprint density at radius 1 is 1.11 bits per heavy atom. The number of hydrazine groups is 1. The Hall–Kier alpha value is -2.66. The van der Waals surface area contributed by atoms with E-state index in [1.165, 1.54) is 0 Å². The fourth-order valence-electron chi connectivity index (χ4n) is 1.83. The van der Waals surface area contributed by atoms with Crippen molar-refractivity contribution in [3.8, 4) is 11.1 Å². The van der Waals surface area contributed by atoms with Crippen molar-refractivity contribution in [3.05, 3.63) is 59.7 Å². The lowest BCUT2D eigenvalue weighted by atomic mass is 9.98. The maximum Gasteiger partial charge on any atom is 0.152 e. The van der Waals surface area contributed by atoms with Gasteiger partial charge in [0.1, 0.15) is 6.29 Å². The molecule has 5 N–H and O–H groups in total. The van der Waals surface area contributed by atoms with Crippen LogP contribution in [0.1, 0.15) is 15.9 Å². The second-order valence-corrected chi connectivity index (χ2v) is 3.91. The van der Waals surface area contributed by atoms with Crippen molar-refractivity contribution in [1.29, 1.82) is 0 Å². The molecule has 0 radical (unpaired) electrons. The molecule has 0 aliphatic heterocycles. The molecule has 0 heterocycles. The van der Waals surface area contributed by atoms with Crippen LogP contribution >= 0.6 is 0 Å². The first-order valence-corrected chi connectivity index (χ1v) is 5.70. The highest BCUT2D eigenvalue weighted by molar-refractivity contribution is 6.03. The molecule has 0 saturated heterocycles. The SMILES string of the molecule is NN/N=C(\N)c1ccccc1-c1ccc(C=O)cc1. The molecule has 0 aromatic heterocycles. The third kappa shape index (κ3) is 2.78. The van der Waals surface area contributed by atoms with Crippen molar-refractivity contribution in [1.82, 2.24) is 5.53 Å². The first-order valence-electron chi connectivity index (χ1n) is 5.70. The Morgan fingerprint density at radius 3 is 2.42 bits per heavy atom. The number of hydrogen-bond donors (Lipinski definition) is 3. The number of rotatable bonds is 4. The summed E-state index contributed by atoms with van der Waals surface area (Å²) in [5, 5.41) is 3.78. The number of hydrazone groups is 1. The molecule has 5 nitrogen and oxygen atoms in total. The second kappa shape index (κ2) is 5.79. The summed E-state index contributed by atoms with van der Waals surface area (Å²) in [6, 6.07) is 14.8. The third-order valence-electron chi connectivity index (χ3n) is 2.75. The van der Waals surface area contributed by atoms with Crippen LogP contribution in [0, 0.1) is 0 Å². The van der Waals surface area contributed by atoms with E-state index in [2.05, 4.69) is 10.6 Å². The number of carbonyl (C=O) groups excluding carboxylic acids is 1. The van der Waals surface area contributed by atoms with Gasteiger partial charge < -0.3 is 5.73 Å². The minimum absolute atomic E-state index is 0.303. The molecule has 19 heavy (non-hydrogen) atoms. The van der Waals surface area contributed by atoms with E-state index >= 15 is 0 Å². The number of nitrogens with two attached hydrogens (primary N) is 2. The highest BCUT2D eigenvalue weighted by Gasteiger charge is 2.07. The minimum Gasteiger partial charge on any atom is -0.382 e. The van der Waals surface area contributed by atoms with Gasteiger partial charge in [0.2, 0.25) is 0 Å². The fraction of sp³-hybridized carbons (Fsp3) is 0. The lowest BCUT2D eigenvalue weighted by Gasteiger charge is -2.09. The molecule has 0 bridgehead atoms. The van der Waals surface area contributed by atoms with E-state index in [0.29, 0.717) is 11.4 Å². The Bertz CT molecular complexity index is 605.